The summed E-state index contributed by atoms with van der Waals surface area (Å²) in [6.07, 6.45) is 0.851. The normalized spacial score (nSPS) is 25.0. The Labute approximate surface area is 140 Å². The summed E-state index contributed by atoms with van der Waals surface area (Å²) in [5.74, 6) is 0.351. The van der Waals surface area contributed by atoms with Crippen molar-refractivity contribution in [2.45, 2.75) is 12.3 Å². The maximum Gasteiger partial charge on any atom is 0.223 e. The van der Waals surface area contributed by atoms with Gasteiger partial charge in [0.25, 0.3) is 0 Å². The molecule has 120 valence electrons. The molecule has 1 saturated carbocycles. The fourth-order valence-electron chi connectivity index (χ4n) is 2.93. The van der Waals surface area contributed by atoms with Crippen molar-refractivity contribution in [1.29, 1.82) is 0 Å². The molecule has 0 unspecified atom stereocenters. The molecule has 0 spiro atoms. The molecule has 1 aliphatic heterocycles. The first-order chi connectivity index (χ1) is 10.7. The lowest BCUT2D eigenvalue weighted by Gasteiger charge is -2.26. The van der Waals surface area contributed by atoms with E-state index in [0.29, 0.717) is 16.6 Å². The molecule has 1 aromatic carbocycles. The van der Waals surface area contributed by atoms with E-state index in [-0.39, 0.29) is 17.7 Å². The Hall–Kier alpha value is -0.810. The van der Waals surface area contributed by atoms with Crippen LogP contribution in [0.15, 0.2) is 18.2 Å². The number of carbonyl (C=O) groups is 1. The maximum atomic E-state index is 12.2. The molecule has 6 heteroatoms. The first-order valence-electron chi connectivity index (χ1n) is 7.68. The van der Waals surface area contributed by atoms with Crippen molar-refractivity contribution in [3.63, 3.8) is 0 Å². The van der Waals surface area contributed by atoms with Crippen molar-refractivity contribution < 1.29 is 9.53 Å². The van der Waals surface area contributed by atoms with Gasteiger partial charge in [0.05, 0.1) is 23.3 Å². The van der Waals surface area contributed by atoms with E-state index in [4.69, 9.17) is 27.9 Å². The maximum absolute atomic E-state index is 12.2. The van der Waals surface area contributed by atoms with E-state index in [9.17, 15) is 4.79 Å². The van der Waals surface area contributed by atoms with Crippen LogP contribution in [0.4, 0.5) is 0 Å². The van der Waals surface area contributed by atoms with E-state index < -0.39 is 0 Å². The first-order valence-corrected chi connectivity index (χ1v) is 8.44. The van der Waals surface area contributed by atoms with Crippen molar-refractivity contribution >= 4 is 29.1 Å². The second kappa shape index (κ2) is 7.18. The van der Waals surface area contributed by atoms with E-state index in [1.807, 2.05) is 12.1 Å². The number of amides is 1. The minimum Gasteiger partial charge on any atom is -0.379 e. The molecule has 4 nitrogen and oxygen atoms in total. The Morgan fingerprint density at radius 1 is 1.32 bits per heavy atom. The highest BCUT2D eigenvalue weighted by molar-refractivity contribution is 6.42. The average molecular weight is 343 g/mol. The summed E-state index contributed by atoms with van der Waals surface area (Å²) in [6.45, 7) is 5.02. The van der Waals surface area contributed by atoms with Crippen molar-refractivity contribution in [1.82, 2.24) is 10.2 Å². The summed E-state index contributed by atoms with van der Waals surface area (Å²) < 4.78 is 5.31. The second-order valence-corrected chi connectivity index (χ2v) is 6.62. The largest absolute Gasteiger partial charge is 0.379 e. The summed E-state index contributed by atoms with van der Waals surface area (Å²) in [7, 11) is 0. The third-order valence-corrected chi connectivity index (χ3v) is 5.17. The Morgan fingerprint density at radius 3 is 2.86 bits per heavy atom. The minimum atomic E-state index is 0.0284. The van der Waals surface area contributed by atoms with Crippen LogP contribution in [0.5, 0.6) is 0 Å². The van der Waals surface area contributed by atoms with Gasteiger partial charge in [0.1, 0.15) is 0 Å². The van der Waals surface area contributed by atoms with Crippen molar-refractivity contribution in [3.05, 3.63) is 33.8 Å². The third kappa shape index (κ3) is 3.74. The zero-order chi connectivity index (χ0) is 15.5. The molecule has 0 aromatic heterocycles. The zero-order valence-corrected chi connectivity index (χ0v) is 13.9. The van der Waals surface area contributed by atoms with Crippen LogP contribution in [0, 0.1) is 5.92 Å². The number of carbonyl (C=O) groups excluding carboxylic acids is 1. The van der Waals surface area contributed by atoms with Gasteiger partial charge in [0.15, 0.2) is 0 Å². The van der Waals surface area contributed by atoms with Gasteiger partial charge < -0.3 is 10.1 Å². The number of nitrogens with zero attached hydrogens (tertiary/aromatic N) is 1. The summed E-state index contributed by atoms with van der Waals surface area (Å²) in [4.78, 5) is 14.5. The van der Waals surface area contributed by atoms with Gasteiger partial charge in [-0.25, -0.2) is 0 Å². The van der Waals surface area contributed by atoms with Crippen LogP contribution in [0.25, 0.3) is 0 Å². The van der Waals surface area contributed by atoms with Crippen LogP contribution in [0.2, 0.25) is 10.0 Å². The molecule has 1 saturated heterocycles. The summed E-state index contributed by atoms with van der Waals surface area (Å²) >= 11 is 12.3. The number of hydrogen-bond donors (Lipinski definition) is 1. The van der Waals surface area contributed by atoms with Crippen LogP contribution < -0.4 is 5.32 Å². The van der Waals surface area contributed by atoms with Crippen LogP contribution in [-0.2, 0) is 9.53 Å². The molecule has 1 aromatic rings. The van der Waals surface area contributed by atoms with E-state index in [0.717, 1.165) is 44.8 Å². The topological polar surface area (TPSA) is 41.6 Å². The molecule has 0 bridgehead atoms. The van der Waals surface area contributed by atoms with Gasteiger partial charge in [-0.3, -0.25) is 9.69 Å². The first kappa shape index (κ1) is 16.1. The number of halogens is 2. The smallest absolute Gasteiger partial charge is 0.223 e. The zero-order valence-electron chi connectivity index (χ0n) is 12.4. The predicted molar refractivity (Wildman–Crippen MR) is 87.6 cm³/mol. The number of nitrogens with one attached hydrogen (secondary N) is 1. The van der Waals surface area contributed by atoms with E-state index >= 15 is 0 Å². The van der Waals surface area contributed by atoms with Gasteiger partial charge >= 0.3 is 0 Å². The molecule has 2 atom stereocenters. The van der Waals surface area contributed by atoms with Crippen LogP contribution >= 0.6 is 23.2 Å². The Balaban J connectivity index is 1.45. The summed E-state index contributed by atoms with van der Waals surface area (Å²) in [5, 5.41) is 4.16. The highest BCUT2D eigenvalue weighted by atomic mass is 35.5. The molecular formula is C16H20Cl2N2O2. The SMILES string of the molecule is O=C(NCCN1CCOCC1)[C@@H]1C[C@H]1c1cccc(Cl)c1Cl. The van der Waals surface area contributed by atoms with Gasteiger partial charge in [0, 0.05) is 32.1 Å². The Kier molecular flexibility index (Phi) is 5.24. The van der Waals surface area contributed by atoms with Crippen LogP contribution in [0.1, 0.15) is 17.9 Å². The predicted octanol–water partition coefficient (Wildman–Crippen LogP) is 2.55. The molecule has 2 fully saturated rings. The molecule has 2 aliphatic rings. The fraction of sp³-hybridized carbons (Fsp3) is 0.562. The minimum absolute atomic E-state index is 0.0284. The van der Waals surface area contributed by atoms with Crippen molar-refractivity contribution in [2.75, 3.05) is 39.4 Å². The molecule has 1 aliphatic carbocycles. The Bertz CT molecular complexity index is 547. The lowest BCUT2D eigenvalue weighted by atomic mass is 10.1. The lowest BCUT2D eigenvalue weighted by Crippen LogP contribution is -2.41. The number of benzene rings is 1. The van der Waals surface area contributed by atoms with Gasteiger partial charge in [-0.1, -0.05) is 35.3 Å². The number of morpholine rings is 1. The number of ether oxygens (including phenoxy) is 1. The van der Waals surface area contributed by atoms with Gasteiger partial charge in [0.2, 0.25) is 5.91 Å². The monoisotopic (exact) mass is 342 g/mol. The molecule has 1 amide bonds. The summed E-state index contributed by atoms with van der Waals surface area (Å²) in [6, 6.07) is 5.61. The third-order valence-electron chi connectivity index (χ3n) is 4.34. The molecule has 1 N–H and O–H groups in total. The van der Waals surface area contributed by atoms with Crippen LogP contribution in [0.3, 0.4) is 0 Å². The van der Waals surface area contributed by atoms with E-state index in [2.05, 4.69) is 10.2 Å². The lowest BCUT2D eigenvalue weighted by molar-refractivity contribution is -0.122. The van der Waals surface area contributed by atoms with Crippen molar-refractivity contribution in [3.8, 4) is 0 Å². The van der Waals surface area contributed by atoms with Gasteiger partial charge in [-0.15, -0.1) is 0 Å². The number of hydrogen-bond acceptors (Lipinski definition) is 3. The van der Waals surface area contributed by atoms with E-state index in [1.54, 1.807) is 6.07 Å². The second-order valence-electron chi connectivity index (χ2n) is 5.84. The van der Waals surface area contributed by atoms with E-state index in [1.165, 1.54) is 0 Å². The highest BCUT2D eigenvalue weighted by Gasteiger charge is 2.44. The molecule has 3 rings (SSSR count). The van der Waals surface area contributed by atoms with Gasteiger partial charge in [-0.2, -0.15) is 0 Å². The molecule has 0 radical (unpaired) electrons. The Morgan fingerprint density at radius 2 is 2.09 bits per heavy atom. The van der Waals surface area contributed by atoms with Crippen molar-refractivity contribution in [2.24, 2.45) is 5.92 Å². The highest BCUT2D eigenvalue weighted by Crippen LogP contribution is 2.50. The summed E-state index contributed by atoms with van der Waals surface area (Å²) in [5.41, 5.74) is 0.988. The average Bonchev–Trinajstić information content (AvgIpc) is 3.31. The fourth-order valence-corrected chi connectivity index (χ4v) is 3.38. The molecular weight excluding hydrogens is 323 g/mol. The van der Waals surface area contributed by atoms with Gasteiger partial charge in [-0.05, 0) is 24.0 Å². The standard InChI is InChI=1S/C16H20Cl2N2O2/c17-14-3-1-2-11(15(14)18)12-10-13(12)16(21)19-4-5-20-6-8-22-9-7-20/h1-3,12-13H,4-10H2,(H,19,21)/t12-,13+/m0/s1. The quantitative estimate of drug-likeness (QED) is 0.893. The van der Waals surface area contributed by atoms with Crippen LogP contribution in [-0.4, -0.2) is 50.2 Å². The molecule has 22 heavy (non-hydrogen) atoms. The molecule has 1 heterocycles. The number of rotatable bonds is 5.